The Morgan fingerprint density at radius 1 is 1.39 bits per heavy atom. The zero-order valence-electron chi connectivity index (χ0n) is 10.1. The van der Waals surface area contributed by atoms with Crippen molar-refractivity contribution >= 4 is 18.3 Å². The van der Waals surface area contributed by atoms with E-state index in [9.17, 15) is 4.79 Å². The Hall–Kier alpha value is -1.24. The second-order valence-corrected chi connectivity index (χ2v) is 3.94. The number of hydrogen-bond donors (Lipinski definition) is 2. The predicted octanol–water partition coefficient (Wildman–Crippen LogP) is -0.467. The lowest BCUT2D eigenvalue weighted by molar-refractivity contribution is 0.0942. The molecule has 0 unspecified atom stereocenters. The van der Waals surface area contributed by atoms with Gasteiger partial charge < -0.3 is 10.6 Å². The van der Waals surface area contributed by atoms with Crippen LogP contribution in [0.4, 0.5) is 0 Å². The van der Waals surface area contributed by atoms with Crippen LogP contribution in [0.5, 0.6) is 0 Å². The zero-order chi connectivity index (χ0) is 11.9. The van der Waals surface area contributed by atoms with Crippen LogP contribution in [0.2, 0.25) is 0 Å². The lowest BCUT2D eigenvalue weighted by atomic mass is 10.3. The highest BCUT2D eigenvalue weighted by Gasteiger charge is 2.10. The zero-order valence-corrected chi connectivity index (χ0v) is 10.9. The van der Waals surface area contributed by atoms with Gasteiger partial charge in [-0.2, -0.15) is 0 Å². The molecule has 7 heteroatoms. The molecule has 1 aliphatic heterocycles. The van der Waals surface area contributed by atoms with Crippen molar-refractivity contribution in [2.24, 2.45) is 0 Å². The molecule has 18 heavy (non-hydrogen) atoms. The Labute approximate surface area is 113 Å². The molecule has 1 saturated heterocycles. The molecule has 1 aromatic rings. The average molecular weight is 272 g/mol. The van der Waals surface area contributed by atoms with Gasteiger partial charge in [-0.05, 0) is 0 Å². The lowest BCUT2D eigenvalue weighted by Crippen LogP contribution is -2.46. The summed E-state index contributed by atoms with van der Waals surface area (Å²) in [5.41, 5.74) is 0.368. The number of amides is 1. The Kier molecular flexibility index (Phi) is 6.56. The van der Waals surface area contributed by atoms with E-state index in [0.717, 1.165) is 32.7 Å². The first-order chi connectivity index (χ1) is 8.36. The van der Waals surface area contributed by atoms with E-state index in [0.29, 0.717) is 12.2 Å². The fourth-order valence-electron chi connectivity index (χ4n) is 1.77. The van der Waals surface area contributed by atoms with Crippen LogP contribution in [0.25, 0.3) is 0 Å². The van der Waals surface area contributed by atoms with Gasteiger partial charge in [-0.1, -0.05) is 0 Å². The number of piperazine rings is 1. The van der Waals surface area contributed by atoms with Gasteiger partial charge >= 0.3 is 0 Å². The van der Waals surface area contributed by atoms with Crippen LogP contribution in [0, 0.1) is 0 Å². The number of nitrogens with zero attached hydrogens (tertiary/aromatic N) is 3. The third-order valence-electron chi connectivity index (χ3n) is 2.72. The minimum atomic E-state index is -0.159. The van der Waals surface area contributed by atoms with Crippen molar-refractivity contribution in [3.63, 3.8) is 0 Å². The lowest BCUT2D eigenvalue weighted by Gasteiger charge is -2.26. The summed E-state index contributed by atoms with van der Waals surface area (Å²) >= 11 is 0. The molecule has 0 bridgehead atoms. The van der Waals surface area contributed by atoms with Gasteiger partial charge in [0.1, 0.15) is 5.69 Å². The molecule has 2 rings (SSSR count). The molecule has 0 saturated carbocycles. The summed E-state index contributed by atoms with van der Waals surface area (Å²) in [6.45, 7) is 5.67. The molecule has 1 aliphatic rings. The molecule has 1 amide bonds. The van der Waals surface area contributed by atoms with E-state index in [1.54, 1.807) is 6.20 Å². The van der Waals surface area contributed by atoms with Gasteiger partial charge in [-0.15, -0.1) is 12.4 Å². The summed E-state index contributed by atoms with van der Waals surface area (Å²) in [4.78, 5) is 21.8. The number of aromatic nitrogens is 2. The highest BCUT2D eigenvalue weighted by atomic mass is 35.5. The molecule has 100 valence electrons. The molecular weight excluding hydrogens is 254 g/mol. The van der Waals surface area contributed by atoms with E-state index in [4.69, 9.17) is 0 Å². The van der Waals surface area contributed by atoms with Crippen molar-refractivity contribution < 1.29 is 4.79 Å². The van der Waals surface area contributed by atoms with Crippen LogP contribution in [0.3, 0.4) is 0 Å². The number of carbonyl (C=O) groups is 1. The largest absolute Gasteiger partial charge is 0.349 e. The number of hydrogen-bond acceptors (Lipinski definition) is 5. The summed E-state index contributed by atoms with van der Waals surface area (Å²) in [6.07, 6.45) is 4.54. The van der Waals surface area contributed by atoms with E-state index in [-0.39, 0.29) is 18.3 Å². The van der Waals surface area contributed by atoms with Crippen LogP contribution in [-0.2, 0) is 0 Å². The van der Waals surface area contributed by atoms with E-state index >= 15 is 0 Å². The Morgan fingerprint density at radius 2 is 2.17 bits per heavy atom. The maximum absolute atomic E-state index is 11.6. The maximum atomic E-state index is 11.6. The fourth-order valence-corrected chi connectivity index (χ4v) is 1.77. The normalized spacial score (nSPS) is 15.8. The molecule has 0 spiro atoms. The van der Waals surface area contributed by atoms with Crippen LogP contribution < -0.4 is 10.6 Å². The first-order valence-corrected chi connectivity index (χ1v) is 5.83. The molecule has 0 aliphatic carbocycles. The number of rotatable bonds is 4. The SMILES string of the molecule is Cl.O=C(NCCN1CCNCC1)c1cnccn1. The maximum Gasteiger partial charge on any atom is 0.271 e. The molecule has 0 radical (unpaired) electrons. The monoisotopic (exact) mass is 271 g/mol. The van der Waals surface area contributed by atoms with Gasteiger partial charge in [0.15, 0.2) is 0 Å². The molecule has 6 nitrogen and oxygen atoms in total. The van der Waals surface area contributed by atoms with Crippen LogP contribution in [-0.4, -0.2) is 60.0 Å². The van der Waals surface area contributed by atoms with Gasteiger partial charge in [0.25, 0.3) is 5.91 Å². The molecule has 2 heterocycles. The molecule has 2 N–H and O–H groups in total. The average Bonchev–Trinajstić information content (AvgIpc) is 2.41. The quantitative estimate of drug-likeness (QED) is 0.775. The highest BCUT2D eigenvalue weighted by molar-refractivity contribution is 5.91. The summed E-state index contributed by atoms with van der Waals surface area (Å²) in [5, 5.41) is 6.14. The first-order valence-electron chi connectivity index (χ1n) is 5.83. The summed E-state index contributed by atoms with van der Waals surface area (Å²) in [5.74, 6) is -0.159. The molecule has 1 fully saturated rings. The van der Waals surface area contributed by atoms with Crippen LogP contribution >= 0.6 is 12.4 Å². The molecule has 0 atom stereocenters. The fraction of sp³-hybridized carbons (Fsp3) is 0.545. The van der Waals surface area contributed by atoms with E-state index in [2.05, 4.69) is 25.5 Å². The van der Waals surface area contributed by atoms with E-state index in [1.807, 2.05) is 0 Å². The third kappa shape index (κ3) is 4.56. The summed E-state index contributed by atoms with van der Waals surface area (Å²) in [7, 11) is 0. The van der Waals surface area contributed by atoms with Crippen molar-refractivity contribution in [2.75, 3.05) is 39.3 Å². The van der Waals surface area contributed by atoms with Gasteiger partial charge in [-0.3, -0.25) is 14.7 Å². The van der Waals surface area contributed by atoms with Gasteiger partial charge in [0, 0.05) is 51.7 Å². The van der Waals surface area contributed by atoms with Crippen LogP contribution in [0.1, 0.15) is 10.5 Å². The van der Waals surface area contributed by atoms with Crippen molar-refractivity contribution in [1.82, 2.24) is 25.5 Å². The van der Waals surface area contributed by atoms with Gasteiger partial charge in [0.05, 0.1) is 6.20 Å². The first kappa shape index (κ1) is 14.8. The highest BCUT2D eigenvalue weighted by Crippen LogP contribution is 1.92. The minimum Gasteiger partial charge on any atom is -0.349 e. The van der Waals surface area contributed by atoms with E-state index in [1.165, 1.54) is 12.4 Å². The van der Waals surface area contributed by atoms with Crippen LogP contribution in [0.15, 0.2) is 18.6 Å². The van der Waals surface area contributed by atoms with Crippen molar-refractivity contribution in [2.45, 2.75) is 0 Å². The number of nitrogens with one attached hydrogen (secondary N) is 2. The minimum absolute atomic E-state index is 0. The predicted molar refractivity (Wildman–Crippen MR) is 70.9 cm³/mol. The van der Waals surface area contributed by atoms with E-state index < -0.39 is 0 Å². The Balaban J connectivity index is 0.00000162. The van der Waals surface area contributed by atoms with Crippen molar-refractivity contribution in [3.8, 4) is 0 Å². The second kappa shape index (κ2) is 7.97. The van der Waals surface area contributed by atoms with Gasteiger partial charge in [0.2, 0.25) is 0 Å². The third-order valence-corrected chi connectivity index (χ3v) is 2.72. The number of halogens is 1. The molecular formula is C11H18ClN5O. The summed E-state index contributed by atoms with van der Waals surface area (Å²) < 4.78 is 0. The summed E-state index contributed by atoms with van der Waals surface area (Å²) in [6, 6.07) is 0. The topological polar surface area (TPSA) is 70.2 Å². The van der Waals surface area contributed by atoms with Gasteiger partial charge in [-0.25, -0.2) is 4.98 Å². The molecule has 0 aromatic carbocycles. The smallest absolute Gasteiger partial charge is 0.271 e. The standard InChI is InChI=1S/C11H17N5O.ClH/c17-11(10-9-13-1-2-14-10)15-5-8-16-6-3-12-4-7-16;/h1-2,9,12H,3-8H2,(H,15,17);1H. The van der Waals surface area contributed by atoms with Crippen molar-refractivity contribution in [3.05, 3.63) is 24.3 Å². The number of carbonyl (C=O) groups excluding carboxylic acids is 1. The molecule has 1 aromatic heterocycles. The van der Waals surface area contributed by atoms with Crippen molar-refractivity contribution in [1.29, 1.82) is 0 Å². The second-order valence-electron chi connectivity index (χ2n) is 3.94. The Bertz CT molecular complexity index is 356. The Morgan fingerprint density at radius 3 is 2.83 bits per heavy atom.